The number of nitrogens with one attached hydrogen (secondary N) is 1. The fraction of sp³-hybridized carbons (Fsp3) is 0.455. The maximum Gasteiger partial charge on any atom is 0.241 e. The van der Waals surface area contributed by atoms with Crippen molar-refractivity contribution in [3.63, 3.8) is 0 Å². The van der Waals surface area contributed by atoms with Gasteiger partial charge in [-0.15, -0.1) is 0 Å². The van der Waals surface area contributed by atoms with Crippen molar-refractivity contribution in [1.82, 2.24) is 4.72 Å². The molecule has 0 fully saturated rings. The summed E-state index contributed by atoms with van der Waals surface area (Å²) in [5.41, 5.74) is 6.02. The highest BCUT2D eigenvalue weighted by molar-refractivity contribution is 7.89. The van der Waals surface area contributed by atoms with Crippen molar-refractivity contribution in [3.8, 4) is 11.5 Å². The zero-order valence-electron chi connectivity index (χ0n) is 10.3. The molecule has 1 aliphatic heterocycles. The van der Waals surface area contributed by atoms with Crippen LogP contribution in [0.2, 0.25) is 0 Å². The number of fused-ring (bicyclic) bond motifs is 1. The van der Waals surface area contributed by atoms with Crippen LogP contribution in [0.25, 0.3) is 0 Å². The average Bonchev–Trinajstić information content (AvgIpc) is 2.74. The van der Waals surface area contributed by atoms with Gasteiger partial charge in [0.25, 0.3) is 0 Å². The largest absolute Gasteiger partial charge is 0.454 e. The first kappa shape index (κ1) is 13.1. The summed E-state index contributed by atoms with van der Waals surface area (Å²) >= 11 is 0. The molecule has 6 nitrogen and oxygen atoms in total. The fourth-order valence-electron chi connectivity index (χ4n) is 1.69. The van der Waals surface area contributed by atoms with Gasteiger partial charge in [0.05, 0.1) is 4.90 Å². The molecule has 0 amide bonds. The van der Waals surface area contributed by atoms with E-state index in [2.05, 4.69) is 4.72 Å². The van der Waals surface area contributed by atoms with Crippen molar-refractivity contribution in [2.75, 3.05) is 13.3 Å². The van der Waals surface area contributed by atoms with Gasteiger partial charge >= 0.3 is 0 Å². The quantitative estimate of drug-likeness (QED) is 0.825. The molecule has 0 saturated heterocycles. The Labute approximate surface area is 106 Å². The Kier molecular flexibility index (Phi) is 3.47. The Bertz CT molecular complexity index is 556. The van der Waals surface area contributed by atoms with E-state index >= 15 is 0 Å². The van der Waals surface area contributed by atoms with Crippen molar-refractivity contribution < 1.29 is 17.9 Å². The minimum atomic E-state index is -3.59. The van der Waals surface area contributed by atoms with Gasteiger partial charge in [-0.3, -0.25) is 0 Å². The monoisotopic (exact) mass is 272 g/mol. The van der Waals surface area contributed by atoms with Crippen molar-refractivity contribution in [3.05, 3.63) is 17.7 Å². The maximum absolute atomic E-state index is 12.2. The van der Waals surface area contributed by atoms with E-state index < -0.39 is 10.0 Å². The Morgan fingerprint density at radius 1 is 1.39 bits per heavy atom. The minimum absolute atomic E-state index is 0.116. The van der Waals surface area contributed by atoms with Crippen molar-refractivity contribution in [1.29, 1.82) is 0 Å². The molecule has 1 aromatic carbocycles. The predicted molar refractivity (Wildman–Crippen MR) is 66.1 cm³/mol. The molecule has 1 aromatic rings. The average molecular weight is 272 g/mol. The third-order valence-corrected chi connectivity index (χ3v) is 4.40. The van der Waals surface area contributed by atoms with E-state index in [9.17, 15) is 8.42 Å². The topological polar surface area (TPSA) is 90.7 Å². The van der Waals surface area contributed by atoms with Gasteiger partial charge in [0.1, 0.15) is 0 Å². The van der Waals surface area contributed by atoms with Crippen LogP contribution in [0.4, 0.5) is 0 Å². The molecule has 0 aromatic heterocycles. The molecule has 7 heteroatoms. The molecule has 1 aliphatic rings. The molecular formula is C11H16N2O4S. The van der Waals surface area contributed by atoms with Gasteiger partial charge < -0.3 is 15.2 Å². The second kappa shape index (κ2) is 4.75. The number of hydrogen-bond acceptors (Lipinski definition) is 5. The molecule has 3 N–H and O–H groups in total. The van der Waals surface area contributed by atoms with Crippen molar-refractivity contribution in [2.24, 2.45) is 5.73 Å². The van der Waals surface area contributed by atoms with Gasteiger partial charge in [0.15, 0.2) is 11.5 Å². The molecule has 0 bridgehead atoms. The van der Waals surface area contributed by atoms with E-state index in [1.807, 2.05) is 0 Å². The number of aryl methyl sites for hydroxylation is 1. The highest BCUT2D eigenvalue weighted by Gasteiger charge is 2.24. The third-order valence-electron chi connectivity index (χ3n) is 2.67. The van der Waals surface area contributed by atoms with Crippen LogP contribution in [-0.4, -0.2) is 27.8 Å². The van der Waals surface area contributed by atoms with E-state index in [4.69, 9.17) is 15.2 Å². The molecule has 100 valence electrons. The van der Waals surface area contributed by atoms with Crippen LogP contribution in [0.5, 0.6) is 11.5 Å². The lowest BCUT2D eigenvalue weighted by molar-refractivity contribution is 0.174. The van der Waals surface area contributed by atoms with Crippen molar-refractivity contribution in [2.45, 2.75) is 24.8 Å². The lowest BCUT2D eigenvalue weighted by Gasteiger charge is -2.14. The van der Waals surface area contributed by atoms with Gasteiger partial charge in [0, 0.05) is 18.7 Å². The van der Waals surface area contributed by atoms with Crippen molar-refractivity contribution >= 4 is 10.0 Å². The Balaban J connectivity index is 2.39. The molecule has 0 spiro atoms. The molecule has 0 aliphatic carbocycles. The lowest BCUT2D eigenvalue weighted by atomic mass is 10.2. The summed E-state index contributed by atoms with van der Waals surface area (Å²) < 4.78 is 37.2. The predicted octanol–water partition coefficient (Wildman–Crippen LogP) is 0.349. The first-order valence-electron chi connectivity index (χ1n) is 5.56. The van der Waals surface area contributed by atoms with E-state index in [1.54, 1.807) is 19.9 Å². The van der Waals surface area contributed by atoms with Crippen LogP contribution < -0.4 is 19.9 Å². The number of rotatable bonds is 4. The van der Waals surface area contributed by atoms with Gasteiger partial charge in [0.2, 0.25) is 16.8 Å². The molecule has 18 heavy (non-hydrogen) atoms. The molecule has 0 saturated carbocycles. The maximum atomic E-state index is 12.2. The number of sulfonamides is 1. The molecule has 2 rings (SSSR count). The van der Waals surface area contributed by atoms with Crippen LogP contribution >= 0.6 is 0 Å². The first-order valence-corrected chi connectivity index (χ1v) is 7.05. The zero-order chi connectivity index (χ0) is 13.3. The fourth-order valence-corrected chi connectivity index (χ4v) is 3.19. The first-order chi connectivity index (χ1) is 8.44. The lowest BCUT2D eigenvalue weighted by Crippen LogP contribution is -2.38. The highest BCUT2D eigenvalue weighted by Crippen LogP contribution is 2.36. The van der Waals surface area contributed by atoms with E-state index in [0.717, 1.165) is 0 Å². The summed E-state index contributed by atoms with van der Waals surface area (Å²) in [6.07, 6.45) is 0. The smallest absolute Gasteiger partial charge is 0.241 e. The van der Waals surface area contributed by atoms with Gasteiger partial charge in [-0.25, -0.2) is 13.1 Å². The van der Waals surface area contributed by atoms with Crippen LogP contribution in [0.3, 0.4) is 0 Å². The van der Waals surface area contributed by atoms with Gasteiger partial charge in [-0.2, -0.15) is 0 Å². The second-order valence-electron chi connectivity index (χ2n) is 4.23. The highest BCUT2D eigenvalue weighted by atomic mass is 32.2. The molecule has 0 radical (unpaired) electrons. The number of hydrogen-bond donors (Lipinski definition) is 2. The summed E-state index contributed by atoms with van der Waals surface area (Å²) in [5.74, 6) is 1.01. The molecule has 1 atom stereocenters. The summed E-state index contributed by atoms with van der Waals surface area (Å²) in [6.45, 7) is 3.78. The van der Waals surface area contributed by atoms with Gasteiger partial charge in [-0.05, 0) is 25.5 Å². The SMILES string of the molecule is Cc1cc2c(cc1S(=O)(=O)N[C@@H](C)CN)OCO2. The van der Waals surface area contributed by atoms with Crippen LogP contribution in [0.1, 0.15) is 12.5 Å². The summed E-state index contributed by atoms with van der Waals surface area (Å²) in [4.78, 5) is 0.187. The standard InChI is InChI=1S/C11H16N2O4S/c1-7-3-9-10(17-6-16-9)4-11(7)18(14,15)13-8(2)5-12/h3-4,8,13H,5-6,12H2,1-2H3/t8-/m0/s1. The minimum Gasteiger partial charge on any atom is -0.454 e. The van der Waals surface area contributed by atoms with Crippen LogP contribution in [0, 0.1) is 6.92 Å². The van der Waals surface area contributed by atoms with E-state index in [0.29, 0.717) is 17.1 Å². The molecule has 1 heterocycles. The normalized spacial score (nSPS) is 15.7. The zero-order valence-corrected chi connectivity index (χ0v) is 11.1. The third kappa shape index (κ3) is 2.43. The Morgan fingerprint density at radius 3 is 2.61 bits per heavy atom. The number of benzene rings is 1. The molecule has 0 unspecified atom stereocenters. The van der Waals surface area contributed by atoms with E-state index in [1.165, 1.54) is 6.07 Å². The van der Waals surface area contributed by atoms with Crippen LogP contribution in [0.15, 0.2) is 17.0 Å². The Hall–Kier alpha value is -1.31. The van der Waals surface area contributed by atoms with E-state index in [-0.39, 0.29) is 24.3 Å². The molecular weight excluding hydrogens is 256 g/mol. The number of nitrogens with two attached hydrogens (primary N) is 1. The van der Waals surface area contributed by atoms with Crippen LogP contribution in [-0.2, 0) is 10.0 Å². The summed E-state index contributed by atoms with van der Waals surface area (Å²) in [6, 6.07) is 2.81. The Morgan fingerprint density at radius 2 is 2.00 bits per heavy atom. The summed E-state index contributed by atoms with van der Waals surface area (Å²) in [5, 5.41) is 0. The summed E-state index contributed by atoms with van der Waals surface area (Å²) in [7, 11) is -3.59. The second-order valence-corrected chi connectivity index (χ2v) is 5.91. The number of ether oxygens (including phenoxy) is 2. The van der Waals surface area contributed by atoms with Gasteiger partial charge in [-0.1, -0.05) is 0 Å².